The minimum atomic E-state index is -1.45. The van der Waals surface area contributed by atoms with Gasteiger partial charge in [-0.1, -0.05) is 35.9 Å². The minimum absolute atomic E-state index is 0.249. The van der Waals surface area contributed by atoms with Crippen molar-refractivity contribution in [2.45, 2.75) is 31.9 Å². The van der Waals surface area contributed by atoms with Crippen molar-refractivity contribution in [2.75, 3.05) is 13.2 Å². The molecule has 0 radical (unpaired) electrons. The van der Waals surface area contributed by atoms with Crippen molar-refractivity contribution in [3.63, 3.8) is 0 Å². The van der Waals surface area contributed by atoms with Gasteiger partial charge >= 0.3 is 0 Å². The Balaban J connectivity index is 1.81. The van der Waals surface area contributed by atoms with E-state index in [-0.39, 0.29) is 6.42 Å². The first-order valence-corrected chi connectivity index (χ1v) is 9.80. The molecule has 1 aromatic carbocycles. The molecule has 0 aliphatic carbocycles. The highest BCUT2D eigenvalue weighted by atomic mass is 35.5. The number of aliphatic hydroxyl groups is 1. The van der Waals surface area contributed by atoms with Crippen LogP contribution < -0.4 is 5.32 Å². The van der Waals surface area contributed by atoms with E-state index in [9.17, 15) is 14.7 Å². The second-order valence-corrected chi connectivity index (χ2v) is 7.27. The van der Waals surface area contributed by atoms with E-state index < -0.39 is 24.0 Å². The number of amides is 2. The van der Waals surface area contributed by atoms with Crippen LogP contribution in [0, 0.1) is 0 Å². The number of hydrogen-bond donors (Lipinski definition) is 3. The Hall–Kier alpha value is -2.61. The number of aromatic amines is 1. The first-order valence-electron chi connectivity index (χ1n) is 9.42. The third-order valence-corrected chi connectivity index (χ3v) is 5.10. The van der Waals surface area contributed by atoms with E-state index in [2.05, 4.69) is 16.9 Å². The second-order valence-electron chi connectivity index (χ2n) is 6.84. The quantitative estimate of drug-likeness (QED) is 0.603. The SMILES string of the molecule is C=C/C(=C\C)C[C@H](NC(=O)c1cc2cc(Cl)ccc2[nH]1)[C@@H](O)C(=O)N1CCCO1. The molecule has 29 heavy (non-hydrogen) atoms. The standard InChI is InChI=1S/C21H24ClN3O4/c1-3-13(4-2)10-17(19(26)21(28)25-8-5-9-29-25)24-20(27)18-12-14-11-15(22)6-7-16(14)23-18/h3-4,6-7,11-12,17,19,23,26H,1,5,8-10H2,2H3,(H,24,27)/b13-4+/t17-,19+/m0/s1. The van der Waals surface area contributed by atoms with E-state index in [0.29, 0.717) is 30.3 Å². The van der Waals surface area contributed by atoms with Crippen LogP contribution in [0.4, 0.5) is 0 Å². The number of nitrogens with zero attached hydrogens (tertiary/aromatic N) is 1. The van der Waals surface area contributed by atoms with Gasteiger partial charge in [0.2, 0.25) is 0 Å². The lowest BCUT2D eigenvalue weighted by molar-refractivity contribution is -0.179. The van der Waals surface area contributed by atoms with E-state index in [0.717, 1.165) is 21.5 Å². The summed E-state index contributed by atoms with van der Waals surface area (Å²) in [6, 6.07) is 6.09. The van der Waals surface area contributed by atoms with Gasteiger partial charge in [-0.05, 0) is 44.0 Å². The Labute approximate surface area is 173 Å². The Morgan fingerprint density at radius 3 is 2.90 bits per heavy atom. The normalized spacial score (nSPS) is 16.7. The van der Waals surface area contributed by atoms with Crippen molar-refractivity contribution >= 4 is 34.3 Å². The highest BCUT2D eigenvalue weighted by Gasteiger charge is 2.33. The van der Waals surface area contributed by atoms with Crippen molar-refractivity contribution in [3.05, 3.63) is 59.3 Å². The van der Waals surface area contributed by atoms with Crippen molar-refractivity contribution in [1.29, 1.82) is 0 Å². The number of allylic oxidation sites excluding steroid dienone is 2. The van der Waals surface area contributed by atoms with E-state index in [1.807, 2.05) is 13.0 Å². The number of H-pyrrole nitrogens is 1. The Kier molecular flexibility index (Phi) is 6.74. The molecule has 0 bridgehead atoms. The van der Waals surface area contributed by atoms with E-state index >= 15 is 0 Å². The Morgan fingerprint density at radius 1 is 1.45 bits per heavy atom. The van der Waals surface area contributed by atoms with Gasteiger partial charge in [-0.15, -0.1) is 0 Å². The lowest BCUT2D eigenvalue weighted by Crippen LogP contribution is -2.51. The fourth-order valence-electron chi connectivity index (χ4n) is 3.23. The van der Waals surface area contributed by atoms with Gasteiger partial charge in [-0.3, -0.25) is 14.4 Å². The van der Waals surface area contributed by atoms with Crippen molar-refractivity contribution < 1.29 is 19.5 Å². The molecule has 0 unspecified atom stereocenters. The summed E-state index contributed by atoms with van der Waals surface area (Å²) in [6.07, 6.45) is 2.96. The topological polar surface area (TPSA) is 94.7 Å². The number of halogens is 1. The van der Waals surface area contributed by atoms with Crippen LogP contribution in [0.1, 0.15) is 30.3 Å². The van der Waals surface area contributed by atoms with Crippen molar-refractivity contribution in [3.8, 4) is 0 Å². The average molecular weight is 418 g/mol. The number of nitrogens with one attached hydrogen (secondary N) is 2. The third kappa shape index (κ3) is 4.87. The summed E-state index contributed by atoms with van der Waals surface area (Å²) < 4.78 is 0. The zero-order chi connectivity index (χ0) is 21.0. The number of hydroxylamine groups is 2. The van der Waals surface area contributed by atoms with Crippen LogP contribution in [0.3, 0.4) is 0 Å². The zero-order valence-corrected chi connectivity index (χ0v) is 16.9. The Bertz CT molecular complexity index is 947. The molecule has 7 nitrogen and oxygen atoms in total. The monoisotopic (exact) mass is 417 g/mol. The van der Waals surface area contributed by atoms with Crippen LogP contribution in [0.25, 0.3) is 10.9 Å². The smallest absolute Gasteiger partial charge is 0.277 e. The molecule has 154 valence electrons. The lowest BCUT2D eigenvalue weighted by atomic mass is 10.00. The molecule has 0 saturated carbocycles. The number of aromatic nitrogens is 1. The summed E-state index contributed by atoms with van der Waals surface area (Å²) in [4.78, 5) is 33.7. The van der Waals surface area contributed by atoms with Crippen LogP contribution in [-0.4, -0.2) is 52.3 Å². The molecule has 0 spiro atoms. The van der Waals surface area contributed by atoms with Gasteiger partial charge in [0.25, 0.3) is 11.8 Å². The van der Waals surface area contributed by atoms with Crippen LogP contribution in [0.15, 0.2) is 48.6 Å². The van der Waals surface area contributed by atoms with E-state index in [4.69, 9.17) is 16.4 Å². The molecule has 1 aliphatic heterocycles. The van der Waals surface area contributed by atoms with Crippen molar-refractivity contribution in [2.24, 2.45) is 0 Å². The first-order chi connectivity index (χ1) is 13.9. The first kappa shape index (κ1) is 21.1. The maximum absolute atomic E-state index is 12.8. The van der Waals surface area contributed by atoms with Crippen molar-refractivity contribution in [1.82, 2.24) is 15.4 Å². The molecule has 1 fully saturated rings. The largest absolute Gasteiger partial charge is 0.381 e. The van der Waals surface area contributed by atoms with Crippen LogP contribution in [0.5, 0.6) is 0 Å². The fourth-order valence-corrected chi connectivity index (χ4v) is 3.41. The summed E-state index contributed by atoms with van der Waals surface area (Å²) >= 11 is 6.00. The number of benzene rings is 1. The highest BCUT2D eigenvalue weighted by molar-refractivity contribution is 6.31. The molecule has 3 N–H and O–H groups in total. The lowest BCUT2D eigenvalue weighted by Gasteiger charge is -2.26. The van der Waals surface area contributed by atoms with Crippen LogP contribution in [0.2, 0.25) is 5.02 Å². The molecule has 2 amide bonds. The third-order valence-electron chi connectivity index (χ3n) is 4.87. The molecule has 3 rings (SSSR count). The van der Waals surface area contributed by atoms with Gasteiger partial charge in [0.05, 0.1) is 19.2 Å². The molecular weight excluding hydrogens is 394 g/mol. The van der Waals surface area contributed by atoms with Crippen LogP contribution >= 0.6 is 11.6 Å². The van der Waals surface area contributed by atoms with Gasteiger partial charge in [-0.2, -0.15) is 0 Å². The summed E-state index contributed by atoms with van der Waals surface area (Å²) in [5.41, 5.74) is 1.87. The second kappa shape index (κ2) is 9.26. The highest BCUT2D eigenvalue weighted by Crippen LogP contribution is 2.21. The van der Waals surface area contributed by atoms with E-state index in [1.165, 1.54) is 0 Å². The van der Waals surface area contributed by atoms with Gasteiger partial charge < -0.3 is 15.4 Å². The molecule has 1 aromatic heterocycles. The average Bonchev–Trinajstić information content (AvgIpc) is 3.39. The van der Waals surface area contributed by atoms with Gasteiger partial charge in [0.1, 0.15) is 5.69 Å². The molecule has 1 aliphatic rings. The fraction of sp³-hybridized carbons (Fsp3) is 0.333. The summed E-state index contributed by atoms with van der Waals surface area (Å²) in [5, 5.41) is 16.0. The molecule has 2 aromatic rings. The number of hydrogen-bond acceptors (Lipinski definition) is 4. The molecule has 8 heteroatoms. The number of carbonyl (C=O) groups excluding carboxylic acids is 2. The summed E-state index contributed by atoms with van der Waals surface area (Å²) in [5.74, 6) is -1.01. The van der Waals surface area contributed by atoms with Crippen LogP contribution in [-0.2, 0) is 9.63 Å². The molecule has 2 heterocycles. The maximum atomic E-state index is 12.8. The van der Waals surface area contributed by atoms with Gasteiger partial charge in [-0.25, -0.2) is 5.06 Å². The maximum Gasteiger partial charge on any atom is 0.277 e. The zero-order valence-electron chi connectivity index (χ0n) is 16.2. The predicted molar refractivity (Wildman–Crippen MR) is 111 cm³/mol. The minimum Gasteiger partial charge on any atom is -0.381 e. The van der Waals surface area contributed by atoms with Gasteiger partial charge in [0, 0.05) is 15.9 Å². The number of fused-ring (bicyclic) bond motifs is 1. The molecule has 1 saturated heterocycles. The van der Waals surface area contributed by atoms with Gasteiger partial charge in [0.15, 0.2) is 6.10 Å². The number of rotatable bonds is 7. The predicted octanol–water partition coefficient (Wildman–Crippen LogP) is 2.97. The summed E-state index contributed by atoms with van der Waals surface area (Å²) in [6.45, 7) is 6.41. The Morgan fingerprint density at radius 2 is 2.24 bits per heavy atom. The molecule has 2 atom stereocenters. The number of carbonyl (C=O) groups is 2. The summed E-state index contributed by atoms with van der Waals surface area (Å²) in [7, 11) is 0. The number of aliphatic hydroxyl groups excluding tert-OH is 1. The van der Waals surface area contributed by atoms with E-state index in [1.54, 1.807) is 30.3 Å². The molecular formula is C21H24ClN3O4.